The largest absolute Gasteiger partial charge is 0.306 e. The van der Waals surface area contributed by atoms with Crippen LogP contribution in [0.15, 0.2) is 41.3 Å². The van der Waals surface area contributed by atoms with Crippen LogP contribution in [-0.2, 0) is 6.54 Å². The van der Waals surface area contributed by atoms with Crippen molar-refractivity contribution in [3.63, 3.8) is 0 Å². The van der Waals surface area contributed by atoms with E-state index in [9.17, 15) is 4.39 Å². The molecule has 1 heterocycles. The number of hydrogen-bond acceptors (Lipinski definition) is 2. The van der Waals surface area contributed by atoms with Gasteiger partial charge >= 0.3 is 0 Å². The predicted octanol–water partition coefficient (Wildman–Crippen LogP) is 5.46. The number of benzene rings is 2. The van der Waals surface area contributed by atoms with E-state index in [1.54, 1.807) is 18.2 Å². The number of hydrogen-bond donors (Lipinski definition) is 1. The summed E-state index contributed by atoms with van der Waals surface area (Å²) in [6.07, 6.45) is 1.00. The van der Waals surface area contributed by atoms with Gasteiger partial charge in [0, 0.05) is 28.1 Å². The van der Waals surface area contributed by atoms with Gasteiger partial charge in [-0.2, -0.15) is 0 Å². The van der Waals surface area contributed by atoms with Crippen molar-refractivity contribution in [1.82, 2.24) is 5.32 Å². The number of fused-ring (bicyclic) bond motifs is 1. The minimum atomic E-state index is -0.344. The lowest BCUT2D eigenvalue weighted by Gasteiger charge is -2.26. The second-order valence-corrected chi connectivity index (χ2v) is 6.95. The van der Waals surface area contributed by atoms with Crippen LogP contribution >= 0.6 is 35.0 Å². The van der Waals surface area contributed by atoms with E-state index in [0.717, 1.165) is 17.2 Å². The van der Waals surface area contributed by atoms with E-state index in [0.29, 0.717) is 12.1 Å². The van der Waals surface area contributed by atoms with Crippen LogP contribution in [0.25, 0.3) is 0 Å². The van der Waals surface area contributed by atoms with Crippen molar-refractivity contribution in [3.8, 4) is 0 Å². The lowest BCUT2D eigenvalue weighted by Crippen LogP contribution is -2.24. The number of thioether (sulfide) groups is 1. The first-order valence-corrected chi connectivity index (χ1v) is 8.48. The molecule has 0 aromatic heterocycles. The molecular formula is C16H14Cl2FNS. The zero-order chi connectivity index (χ0) is 14.8. The Bertz CT molecular complexity index is 663. The first kappa shape index (κ1) is 15.2. The van der Waals surface area contributed by atoms with E-state index in [-0.39, 0.29) is 16.9 Å². The molecule has 3 rings (SSSR count). The third kappa shape index (κ3) is 3.37. The molecule has 1 nitrogen and oxygen atoms in total. The van der Waals surface area contributed by atoms with Crippen LogP contribution < -0.4 is 5.32 Å². The van der Waals surface area contributed by atoms with Crippen LogP contribution in [0.5, 0.6) is 0 Å². The molecule has 0 spiro atoms. The summed E-state index contributed by atoms with van der Waals surface area (Å²) in [6, 6.07) is 11.2. The molecule has 5 heteroatoms. The molecule has 0 saturated heterocycles. The normalized spacial score (nSPS) is 17.6. The molecule has 1 N–H and O–H groups in total. The highest BCUT2D eigenvalue weighted by atomic mass is 35.5. The van der Waals surface area contributed by atoms with E-state index < -0.39 is 0 Å². The van der Waals surface area contributed by atoms with E-state index in [1.807, 2.05) is 23.9 Å². The Kier molecular flexibility index (Phi) is 4.75. The Labute approximate surface area is 137 Å². The lowest BCUT2D eigenvalue weighted by molar-refractivity contribution is 0.497. The number of halogens is 3. The first-order valence-electron chi connectivity index (χ1n) is 6.73. The molecule has 110 valence electrons. The highest BCUT2D eigenvalue weighted by molar-refractivity contribution is 7.99. The van der Waals surface area contributed by atoms with Crippen LogP contribution in [0, 0.1) is 5.82 Å². The molecule has 2 aromatic rings. The monoisotopic (exact) mass is 341 g/mol. The molecule has 0 fully saturated rings. The van der Waals surface area contributed by atoms with Crippen molar-refractivity contribution in [3.05, 3.63) is 63.4 Å². The minimum absolute atomic E-state index is 0.164. The van der Waals surface area contributed by atoms with Gasteiger partial charge in [-0.25, -0.2) is 4.39 Å². The van der Waals surface area contributed by atoms with Crippen LogP contribution in [-0.4, -0.2) is 5.75 Å². The summed E-state index contributed by atoms with van der Waals surface area (Å²) >= 11 is 13.7. The molecule has 0 bridgehead atoms. The Balaban J connectivity index is 1.78. The van der Waals surface area contributed by atoms with Crippen molar-refractivity contribution in [1.29, 1.82) is 0 Å². The van der Waals surface area contributed by atoms with Gasteiger partial charge in [0.25, 0.3) is 0 Å². The molecule has 0 radical (unpaired) electrons. The summed E-state index contributed by atoms with van der Waals surface area (Å²) in [7, 11) is 0. The van der Waals surface area contributed by atoms with Gasteiger partial charge in [-0.1, -0.05) is 35.3 Å². The van der Waals surface area contributed by atoms with Gasteiger partial charge in [-0.05, 0) is 42.0 Å². The zero-order valence-corrected chi connectivity index (χ0v) is 13.5. The molecule has 1 aliphatic rings. The Morgan fingerprint density at radius 2 is 2.10 bits per heavy atom. The summed E-state index contributed by atoms with van der Waals surface area (Å²) < 4.78 is 13.9. The van der Waals surface area contributed by atoms with Crippen LogP contribution in [0.2, 0.25) is 10.0 Å². The van der Waals surface area contributed by atoms with Gasteiger partial charge in [-0.3, -0.25) is 0 Å². The molecule has 0 saturated carbocycles. The molecular weight excluding hydrogens is 328 g/mol. The van der Waals surface area contributed by atoms with Gasteiger partial charge < -0.3 is 5.32 Å². The van der Waals surface area contributed by atoms with Crippen LogP contribution in [0.3, 0.4) is 0 Å². The Hall–Kier alpha value is -0.740. The van der Waals surface area contributed by atoms with E-state index in [2.05, 4.69) is 11.4 Å². The maximum Gasteiger partial charge on any atom is 0.146 e. The predicted molar refractivity (Wildman–Crippen MR) is 87.8 cm³/mol. The number of rotatable bonds is 3. The summed E-state index contributed by atoms with van der Waals surface area (Å²) in [6.45, 7) is 0.452. The first-order chi connectivity index (χ1) is 10.1. The van der Waals surface area contributed by atoms with Crippen molar-refractivity contribution < 1.29 is 4.39 Å². The van der Waals surface area contributed by atoms with E-state index in [4.69, 9.17) is 23.2 Å². The van der Waals surface area contributed by atoms with Crippen molar-refractivity contribution in [2.45, 2.75) is 23.9 Å². The fraction of sp³-hybridized carbons (Fsp3) is 0.250. The van der Waals surface area contributed by atoms with Gasteiger partial charge in [0.1, 0.15) is 5.82 Å². The summed E-state index contributed by atoms with van der Waals surface area (Å²) in [5.74, 6) is 0.702. The highest BCUT2D eigenvalue weighted by Crippen LogP contribution is 2.37. The molecule has 21 heavy (non-hydrogen) atoms. The maximum absolute atomic E-state index is 13.9. The molecule has 0 amide bonds. The molecule has 1 atom stereocenters. The fourth-order valence-corrected chi connectivity index (χ4v) is 3.98. The third-order valence-corrected chi connectivity index (χ3v) is 5.23. The quantitative estimate of drug-likeness (QED) is 0.795. The van der Waals surface area contributed by atoms with Crippen molar-refractivity contribution >= 4 is 35.0 Å². The van der Waals surface area contributed by atoms with Gasteiger partial charge in [-0.15, -0.1) is 11.8 Å². The van der Waals surface area contributed by atoms with Crippen molar-refractivity contribution in [2.24, 2.45) is 0 Å². The van der Waals surface area contributed by atoms with E-state index >= 15 is 0 Å². The average molecular weight is 342 g/mol. The van der Waals surface area contributed by atoms with Crippen molar-refractivity contribution in [2.75, 3.05) is 5.75 Å². The Morgan fingerprint density at radius 3 is 2.95 bits per heavy atom. The smallest absolute Gasteiger partial charge is 0.146 e. The second-order valence-electron chi connectivity index (χ2n) is 4.97. The van der Waals surface area contributed by atoms with Gasteiger partial charge in [0.05, 0.1) is 5.02 Å². The molecule has 1 aliphatic heterocycles. The van der Waals surface area contributed by atoms with E-state index in [1.165, 1.54) is 10.5 Å². The van der Waals surface area contributed by atoms with Gasteiger partial charge in [0.15, 0.2) is 0 Å². The highest BCUT2D eigenvalue weighted by Gasteiger charge is 2.21. The standard InChI is InChI=1S/C16H14Cl2FNS/c17-11-4-5-15-12(8-11)14(6-7-21-15)20-9-10-2-1-3-13(18)16(10)19/h1-5,8,14,20H,6-7,9H2. The summed E-state index contributed by atoms with van der Waals surface area (Å²) in [5.41, 5.74) is 1.78. The summed E-state index contributed by atoms with van der Waals surface area (Å²) in [5, 5.41) is 4.32. The third-order valence-electron chi connectivity index (χ3n) is 3.58. The van der Waals surface area contributed by atoms with Gasteiger partial charge in [0.2, 0.25) is 0 Å². The van der Waals surface area contributed by atoms with Crippen LogP contribution in [0.4, 0.5) is 4.39 Å². The number of nitrogens with one attached hydrogen (secondary N) is 1. The van der Waals surface area contributed by atoms with Crippen LogP contribution in [0.1, 0.15) is 23.6 Å². The maximum atomic E-state index is 13.9. The molecule has 2 aromatic carbocycles. The lowest BCUT2D eigenvalue weighted by atomic mass is 10.0. The Morgan fingerprint density at radius 1 is 1.24 bits per heavy atom. The average Bonchev–Trinajstić information content (AvgIpc) is 2.49. The fourth-order valence-electron chi connectivity index (χ4n) is 2.50. The topological polar surface area (TPSA) is 12.0 Å². The SMILES string of the molecule is Fc1c(Cl)cccc1CNC1CCSc2ccc(Cl)cc21. The summed E-state index contributed by atoms with van der Waals surface area (Å²) in [4.78, 5) is 1.25. The second kappa shape index (κ2) is 6.57. The molecule has 1 unspecified atom stereocenters. The zero-order valence-electron chi connectivity index (χ0n) is 11.2. The minimum Gasteiger partial charge on any atom is -0.306 e. The molecule has 0 aliphatic carbocycles.